The number of carbonyl (C=O) groups is 4. The van der Waals surface area contributed by atoms with E-state index in [1.54, 1.807) is 68.9 Å². The van der Waals surface area contributed by atoms with Crippen molar-refractivity contribution in [1.82, 2.24) is 5.32 Å². The second-order valence-corrected chi connectivity index (χ2v) is 13.7. The second-order valence-electron chi connectivity index (χ2n) is 13.7. The van der Waals surface area contributed by atoms with Crippen LogP contribution in [0.2, 0.25) is 0 Å². The van der Waals surface area contributed by atoms with Gasteiger partial charge in [-0.05, 0) is 47.7 Å². The molecule has 0 saturated carbocycles. The molecule has 5 atom stereocenters. The van der Waals surface area contributed by atoms with Gasteiger partial charge in [-0.3, -0.25) is 19.2 Å². The topological polar surface area (TPSA) is 154 Å². The number of esters is 3. The molecule has 0 bridgehead atoms. The smallest absolute Gasteiger partial charge is 0.308 e. The minimum Gasteiger partial charge on any atom is -0.493 e. The zero-order chi connectivity index (χ0) is 37.6. The van der Waals surface area contributed by atoms with E-state index in [2.05, 4.69) is 5.32 Å². The van der Waals surface area contributed by atoms with Crippen LogP contribution >= 0.6 is 0 Å². The molecule has 1 amide bonds. The molecule has 13 heteroatoms. The third-order valence-electron chi connectivity index (χ3n) is 8.74. The molecule has 0 unspecified atom stereocenters. The van der Waals surface area contributed by atoms with Crippen LogP contribution in [-0.2, 0) is 44.5 Å². The van der Waals surface area contributed by atoms with Crippen LogP contribution in [0.4, 0.5) is 0 Å². The molecule has 1 saturated heterocycles. The van der Waals surface area contributed by atoms with Crippen molar-refractivity contribution in [2.45, 2.75) is 98.4 Å². The van der Waals surface area contributed by atoms with Gasteiger partial charge in [-0.25, -0.2) is 0 Å². The Labute approximate surface area is 299 Å². The summed E-state index contributed by atoms with van der Waals surface area (Å²) in [5, 5.41) is 3.07. The number of aryl methyl sites for hydroxylation is 1. The third kappa shape index (κ3) is 9.24. The number of carbonyl (C=O) groups excluding carboxylic acids is 4. The SMILES string of the molecule is COc1cc2c(c(OC)c1OC)-c1ccc(O[C@H]3O[C@H](COC(=O)C(C)C)[C@H](OC(=O)C(C)C)C[C@H]3OC(=O)C(C)C)cc1[C@@H](NC(C)=O)CC2. The number of ether oxygens (including phenoxy) is 8. The Morgan fingerprint density at radius 1 is 0.824 bits per heavy atom. The van der Waals surface area contributed by atoms with Crippen molar-refractivity contribution in [2.24, 2.45) is 17.8 Å². The highest BCUT2D eigenvalue weighted by molar-refractivity contribution is 5.84. The molecule has 4 rings (SSSR count). The molecule has 280 valence electrons. The zero-order valence-corrected chi connectivity index (χ0v) is 31.2. The van der Waals surface area contributed by atoms with Gasteiger partial charge in [0.1, 0.15) is 24.6 Å². The average molecular weight is 714 g/mol. The fourth-order valence-electron chi connectivity index (χ4n) is 6.03. The number of hydrogen-bond acceptors (Lipinski definition) is 12. The summed E-state index contributed by atoms with van der Waals surface area (Å²) in [6, 6.07) is 6.94. The van der Waals surface area contributed by atoms with Gasteiger partial charge in [0, 0.05) is 18.9 Å². The van der Waals surface area contributed by atoms with Gasteiger partial charge in [-0.2, -0.15) is 0 Å². The molecule has 1 aliphatic carbocycles. The lowest BCUT2D eigenvalue weighted by Crippen LogP contribution is -2.54. The second kappa shape index (κ2) is 17.1. The van der Waals surface area contributed by atoms with E-state index in [1.165, 1.54) is 6.92 Å². The van der Waals surface area contributed by atoms with Crippen molar-refractivity contribution in [2.75, 3.05) is 27.9 Å². The largest absolute Gasteiger partial charge is 0.493 e. The minimum absolute atomic E-state index is 0.0388. The highest BCUT2D eigenvalue weighted by Gasteiger charge is 2.45. The molecule has 1 N–H and O–H groups in total. The van der Waals surface area contributed by atoms with Crippen LogP contribution in [0, 0.1) is 17.8 Å². The Hall–Kier alpha value is -4.52. The summed E-state index contributed by atoms with van der Waals surface area (Å²) >= 11 is 0. The number of amides is 1. The van der Waals surface area contributed by atoms with Crippen LogP contribution < -0.4 is 24.3 Å². The number of methoxy groups -OCH3 is 3. The van der Waals surface area contributed by atoms with Crippen molar-refractivity contribution in [1.29, 1.82) is 0 Å². The van der Waals surface area contributed by atoms with Crippen molar-refractivity contribution < 1.29 is 57.1 Å². The lowest BCUT2D eigenvalue weighted by Gasteiger charge is -2.40. The molecule has 51 heavy (non-hydrogen) atoms. The minimum atomic E-state index is -1.17. The number of fused-ring (bicyclic) bond motifs is 3. The van der Waals surface area contributed by atoms with Crippen LogP contribution in [0.3, 0.4) is 0 Å². The maximum absolute atomic E-state index is 12.9. The summed E-state index contributed by atoms with van der Waals surface area (Å²) in [5.41, 5.74) is 3.29. The average Bonchev–Trinajstić information content (AvgIpc) is 3.23. The third-order valence-corrected chi connectivity index (χ3v) is 8.74. The lowest BCUT2D eigenvalue weighted by molar-refractivity contribution is -0.255. The van der Waals surface area contributed by atoms with Crippen LogP contribution in [0.5, 0.6) is 23.0 Å². The van der Waals surface area contributed by atoms with Gasteiger partial charge in [0.25, 0.3) is 0 Å². The van der Waals surface area contributed by atoms with E-state index in [1.807, 2.05) is 18.2 Å². The summed E-state index contributed by atoms with van der Waals surface area (Å²) in [6.07, 6.45) is -2.77. The summed E-state index contributed by atoms with van der Waals surface area (Å²) in [5.74, 6) is -1.09. The van der Waals surface area contributed by atoms with Gasteiger partial charge in [0.15, 0.2) is 17.6 Å². The molecule has 0 spiro atoms. The molecule has 0 radical (unpaired) electrons. The molecule has 1 fully saturated rings. The van der Waals surface area contributed by atoms with Crippen molar-refractivity contribution in [3.05, 3.63) is 35.4 Å². The van der Waals surface area contributed by atoms with Gasteiger partial charge in [0.2, 0.25) is 17.9 Å². The first kappa shape index (κ1) is 39.3. The van der Waals surface area contributed by atoms with E-state index in [9.17, 15) is 19.2 Å². The number of rotatable bonds is 13. The summed E-state index contributed by atoms with van der Waals surface area (Å²) in [4.78, 5) is 50.4. The summed E-state index contributed by atoms with van der Waals surface area (Å²) < 4.78 is 47.1. The maximum atomic E-state index is 12.9. The van der Waals surface area contributed by atoms with Gasteiger partial charge in [0.05, 0.1) is 45.1 Å². The standard InChI is InChI=1S/C38H51NO12/c1-19(2)35(41)47-18-31-28(49-36(42)20(3)4)17-30(50-37(43)21(5)6)38(51-31)48-24-12-13-25-26(16-24)27(39-22(7)40)14-11-23-15-29(44-8)33(45-9)34(46-10)32(23)25/h12-13,15-16,19-21,27-28,30-31,38H,11,14,17-18H2,1-10H3,(H,39,40)/t27-,28+,30+,31+,38-/m0/s1. The molecule has 13 nitrogen and oxygen atoms in total. The van der Waals surface area contributed by atoms with Crippen LogP contribution in [-0.4, -0.2) is 76.4 Å². The molecule has 1 heterocycles. The first-order valence-electron chi connectivity index (χ1n) is 17.3. The lowest BCUT2D eigenvalue weighted by atomic mass is 9.93. The molecular formula is C38H51NO12. The molecule has 0 aromatic heterocycles. The summed E-state index contributed by atoms with van der Waals surface area (Å²) in [6.45, 7) is 11.5. The molecular weight excluding hydrogens is 662 g/mol. The van der Waals surface area contributed by atoms with E-state index in [-0.39, 0.29) is 18.9 Å². The molecule has 2 aromatic rings. The van der Waals surface area contributed by atoms with Crippen molar-refractivity contribution in [3.63, 3.8) is 0 Å². The Bertz CT molecular complexity index is 1580. The highest BCUT2D eigenvalue weighted by Crippen LogP contribution is 2.51. The van der Waals surface area contributed by atoms with Crippen LogP contribution in [0.15, 0.2) is 24.3 Å². The summed E-state index contributed by atoms with van der Waals surface area (Å²) in [7, 11) is 4.66. The van der Waals surface area contributed by atoms with E-state index in [0.29, 0.717) is 35.8 Å². The Kier molecular flexibility index (Phi) is 13.2. The first-order chi connectivity index (χ1) is 24.2. The monoisotopic (exact) mass is 713 g/mol. The number of benzene rings is 2. The van der Waals surface area contributed by atoms with Gasteiger partial charge in [-0.1, -0.05) is 47.6 Å². The normalized spacial score (nSPS) is 21.2. The van der Waals surface area contributed by atoms with E-state index in [0.717, 1.165) is 22.3 Å². The predicted octanol–water partition coefficient (Wildman–Crippen LogP) is 5.33. The van der Waals surface area contributed by atoms with Crippen molar-refractivity contribution >= 4 is 23.8 Å². The maximum Gasteiger partial charge on any atom is 0.308 e. The fraction of sp³-hybridized carbons (Fsp3) is 0.579. The van der Waals surface area contributed by atoms with Crippen LogP contribution in [0.25, 0.3) is 11.1 Å². The first-order valence-corrected chi connectivity index (χ1v) is 17.3. The van der Waals surface area contributed by atoms with E-state index >= 15 is 0 Å². The molecule has 2 aromatic carbocycles. The quantitative estimate of drug-likeness (QED) is 0.211. The molecule has 1 aliphatic heterocycles. The van der Waals surface area contributed by atoms with Gasteiger partial charge in [-0.15, -0.1) is 0 Å². The molecule has 2 aliphatic rings. The zero-order valence-electron chi connectivity index (χ0n) is 31.2. The van der Waals surface area contributed by atoms with E-state index < -0.39 is 66.3 Å². The number of nitrogens with one attached hydrogen (secondary N) is 1. The van der Waals surface area contributed by atoms with Gasteiger partial charge >= 0.3 is 17.9 Å². The fourth-order valence-corrected chi connectivity index (χ4v) is 6.03. The van der Waals surface area contributed by atoms with E-state index in [4.69, 9.17) is 37.9 Å². The Morgan fingerprint density at radius 3 is 2.02 bits per heavy atom. The Morgan fingerprint density at radius 2 is 1.45 bits per heavy atom. The predicted molar refractivity (Wildman–Crippen MR) is 186 cm³/mol. The highest BCUT2D eigenvalue weighted by atomic mass is 16.7. The van der Waals surface area contributed by atoms with Crippen molar-refractivity contribution in [3.8, 4) is 34.1 Å². The van der Waals surface area contributed by atoms with Gasteiger partial charge < -0.3 is 43.2 Å². The number of hydrogen-bond donors (Lipinski definition) is 1. The van der Waals surface area contributed by atoms with Crippen LogP contribution in [0.1, 0.15) is 78.5 Å². The Balaban J connectivity index is 1.78.